The van der Waals surface area contributed by atoms with Crippen molar-refractivity contribution >= 4 is 0 Å². The zero-order valence-electron chi connectivity index (χ0n) is 21.0. The molecule has 5 aliphatic rings. The highest BCUT2D eigenvalue weighted by Crippen LogP contribution is 2.73. The second kappa shape index (κ2) is 6.39. The van der Waals surface area contributed by atoms with Crippen LogP contribution in [0.3, 0.4) is 0 Å². The molecule has 4 fully saturated rings. The first kappa shape index (κ1) is 21.5. The molecule has 0 radical (unpaired) electrons. The molecule has 0 aromatic rings. The Hall–Kier alpha value is -0.300. The van der Waals surface area contributed by atoms with E-state index in [1.807, 2.05) is 5.57 Å². The lowest BCUT2D eigenvalue weighted by Gasteiger charge is -2.68. The van der Waals surface area contributed by atoms with Crippen molar-refractivity contribution in [2.45, 2.75) is 119 Å². The molecule has 0 aromatic carbocycles. The van der Waals surface area contributed by atoms with Gasteiger partial charge in [0.05, 0.1) is 6.10 Å². The van der Waals surface area contributed by atoms with Gasteiger partial charge in [-0.3, -0.25) is 0 Å². The fraction of sp³-hybridized carbons (Fsp3) is 0.931. The Morgan fingerprint density at radius 2 is 1.50 bits per heavy atom. The van der Waals surface area contributed by atoms with Crippen LogP contribution in [-0.2, 0) is 0 Å². The molecule has 1 N–H and O–H groups in total. The maximum absolute atomic E-state index is 10.8. The van der Waals surface area contributed by atoms with E-state index in [9.17, 15) is 5.11 Å². The summed E-state index contributed by atoms with van der Waals surface area (Å²) in [6.07, 6.45) is 16.0. The molecule has 5 rings (SSSR count). The Bertz CT molecular complexity index is 745. The van der Waals surface area contributed by atoms with Crippen molar-refractivity contribution in [3.63, 3.8) is 0 Å². The van der Waals surface area contributed by atoms with Gasteiger partial charge in [0, 0.05) is 0 Å². The average Bonchev–Trinajstić information content (AvgIpc) is 2.66. The van der Waals surface area contributed by atoms with Crippen molar-refractivity contribution in [1.82, 2.24) is 0 Å². The summed E-state index contributed by atoms with van der Waals surface area (Å²) in [6, 6.07) is 0. The maximum atomic E-state index is 10.8. The predicted molar refractivity (Wildman–Crippen MR) is 126 cm³/mol. The van der Waals surface area contributed by atoms with Gasteiger partial charge < -0.3 is 5.11 Å². The molecule has 0 saturated heterocycles. The van der Waals surface area contributed by atoms with Crippen molar-refractivity contribution in [2.75, 3.05) is 0 Å². The maximum Gasteiger partial charge on any atom is 0.0594 e. The molecule has 5 aliphatic carbocycles. The Balaban J connectivity index is 1.53. The van der Waals surface area contributed by atoms with E-state index in [1.54, 1.807) is 0 Å². The second-order valence-electron chi connectivity index (χ2n) is 14.5. The van der Waals surface area contributed by atoms with Crippen LogP contribution < -0.4 is 0 Å². The molecular formula is C29H48O. The van der Waals surface area contributed by atoms with Crippen molar-refractivity contribution < 1.29 is 5.11 Å². The lowest BCUT2D eigenvalue weighted by Crippen LogP contribution is -2.61. The number of fused-ring (bicyclic) bond motifs is 7. The van der Waals surface area contributed by atoms with Gasteiger partial charge in [-0.05, 0) is 115 Å². The van der Waals surface area contributed by atoms with E-state index in [4.69, 9.17) is 0 Å². The predicted octanol–water partition coefficient (Wildman–Crippen LogP) is 7.78. The van der Waals surface area contributed by atoms with Crippen molar-refractivity contribution in [3.05, 3.63) is 11.6 Å². The molecule has 0 bridgehead atoms. The fourth-order valence-electron chi connectivity index (χ4n) is 9.81. The number of hydrogen-bond acceptors (Lipinski definition) is 1. The Kier molecular flexibility index (Phi) is 4.59. The summed E-state index contributed by atoms with van der Waals surface area (Å²) < 4.78 is 0. The number of rotatable bonds is 0. The Labute approximate surface area is 186 Å². The minimum atomic E-state index is -0.103. The van der Waals surface area contributed by atoms with Crippen LogP contribution in [0.2, 0.25) is 0 Å². The van der Waals surface area contributed by atoms with Crippen LogP contribution in [-0.4, -0.2) is 11.2 Å². The highest BCUT2D eigenvalue weighted by Gasteiger charge is 2.64. The molecule has 0 aliphatic heterocycles. The van der Waals surface area contributed by atoms with Gasteiger partial charge in [-0.2, -0.15) is 0 Å². The van der Waals surface area contributed by atoms with E-state index in [0.717, 1.165) is 24.2 Å². The van der Waals surface area contributed by atoms with E-state index in [0.29, 0.717) is 27.6 Å². The van der Waals surface area contributed by atoms with E-state index < -0.39 is 0 Å². The van der Waals surface area contributed by atoms with Gasteiger partial charge in [0.1, 0.15) is 0 Å². The molecule has 0 heterocycles. The highest BCUT2D eigenvalue weighted by molar-refractivity contribution is 5.32. The van der Waals surface area contributed by atoms with Crippen LogP contribution in [0.5, 0.6) is 0 Å². The quantitative estimate of drug-likeness (QED) is 0.403. The molecule has 0 unspecified atom stereocenters. The van der Waals surface area contributed by atoms with Gasteiger partial charge in [-0.25, -0.2) is 0 Å². The third-order valence-corrected chi connectivity index (χ3v) is 12.4. The first-order valence-electron chi connectivity index (χ1n) is 13.2. The Morgan fingerprint density at radius 1 is 0.800 bits per heavy atom. The molecule has 8 atom stereocenters. The molecule has 30 heavy (non-hydrogen) atoms. The number of aliphatic hydroxyl groups is 1. The lowest BCUT2D eigenvalue weighted by molar-refractivity contribution is -0.161. The number of aliphatic hydroxyl groups excluding tert-OH is 1. The van der Waals surface area contributed by atoms with Crippen LogP contribution in [0.4, 0.5) is 0 Å². The van der Waals surface area contributed by atoms with Crippen molar-refractivity contribution in [1.29, 1.82) is 0 Å². The third-order valence-electron chi connectivity index (χ3n) is 12.4. The normalized spacial score (nSPS) is 54.1. The summed E-state index contributed by atoms with van der Waals surface area (Å²) in [4.78, 5) is 0. The first-order chi connectivity index (χ1) is 13.8. The van der Waals surface area contributed by atoms with Gasteiger partial charge in [-0.15, -0.1) is 0 Å². The summed E-state index contributed by atoms with van der Waals surface area (Å²) in [5.74, 6) is 3.14. The smallest absolute Gasteiger partial charge is 0.0594 e. The highest BCUT2D eigenvalue weighted by atomic mass is 16.3. The van der Waals surface area contributed by atoms with Gasteiger partial charge >= 0.3 is 0 Å². The largest absolute Gasteiger partial charge is 0.393 e. The monoisotopic (exact) mass is 412 g/mol. The topological polar surface area (TPSA) is 20.2 Å². The van der Waals surface area contributed by atoms with Crippen LogP contribution in [0.1, 0.15) is 113 Å². The van der Waals surface area contributed by atoms with E-state index >= 15 is 0 Å². The number of allylic oxidation sites excluding steroid dienone is 2. The van der Waals surface area contributed by atoms with E-state index in [-0.39, 0.29) is 11.5 Å². The Morgan fingerprint density at radius 3 is 2.23 bits per heavy atom. The molecular weight excluding hydrogens is 364 g/mol. The van der Waals surface area contributed by atoms with Crippen LogP contribution >= 0.6 is 0 Å². The minimum Gasteiger partial charge on any atom is -0.393 e. The molecule has 1 heteroatoms. The molecule has 0 aromatic heterocycles. The van der Waals surface area contributed by atoms with Crippen LogP contribution in [0.15, 0.2) is 11.6 Å². The summed E-state index contributed by atoms with van der Waals surface area (Å²) in [6.45, 7) is 17.8. The van der Waals surface area contributed by atoms with Crippen molar-refractivity contribution in [3.8, 4) is 0 Å². The zero-order chi connectivity index (χ0) is 21.7. The van der Waals surface area contributed by atoms with Gasteiger partial charge in [-0.1, -0.05) is 60.1 Å². The van der Waals surface area contributed by atoms with E-state index in [2.05, 4.69) is 54.5 Å². The van der Waals surface area contributed by atoms with E-state index in [1.165, 1.54) is 57.8 Å². The molecule has 0 spiro atoms. The van der Waals surface area contributed by atoms with Crippen molar-refractivity contribution in [2.24, 2.45) is 50.7 Å². The number of hydrogen-bond donors (Lipinski definition) is 1. The summed E-state index contributed by atoms with van der Waals surface area (Å²) >= 11 is 0. The summed E-state index contributed by atoms with van der Waals surface area (Å²) in [5.41, 5.74) is 3.85. The molecule has 170 valence electrons. The summed E-state index contributed by atoms with van der Waals surface area (Å²) in [7, 11) is 0. The van der Waals surface area contributed by atoms with Gasteiger partial charge in [0.2, 0.25) is 0 Å². The van der Waals surface area contributed by atoms with Crippen LogP contribution in [0, 0.1) is 50.7 Å². The van der Waals surface area contributed by atoms with Gasteiger partial charge in [0.15, 0.2) is 0 Å². The SMILES string of the molecule is CC1(C)CC[C@]2(C)CC[C@]3(C)C(=CC[C@@H]4[C@H]5CC[C@H](O)C(C)(C)[C@@H]5CC[C@]43C)[C@@H]2C1. The average molecular weight is 413 g/mol. The molecule has 0 amide bonds. The first-order valence-corrected chi connectivity index (χ1v) is 13.2. The minimum absolute atomic E-state index is 0.0909. The zero-order valence-corrected chi connectivity index (χ0v) is 21.0. The summed E-state index contributed by atoms with van der Waals surface area (Å²) in [5, 5.41) is 10.8. The molecule has 4 saturated carbocycles. The third kappa shape index (κ3) is 2.69. The molecule has 1 nitrogen and oxygen atoms in total. The standard InChI is InChI=1S/C29H48O/c1-25(2)14-15-27(5)16-17-29(7)22(23(27)18-25)10-9-21-19-8-11-24(30)26(3,4)20(19)12-13-28(21,29)6/h10,19-21,23-24,30H,8-9,11-18H2,1-7H3/t19-,20+,21+,23-,24-,27+,28+,29+/m0/s1. The lowest BCUT2D eigenvalue weighted by atomic mass is 9.36. The second-order valence-corrected chi connectivity index (χ2v) is 14.5. The van der Waals surface area contributed by atoms with Crippen LogP contribution in [0.25, 0.3) is 0 Å². The fourth-order valence-corrected chi connectivity index (χ4v) is 9.81. The van der Waals surface area contributed by atoms with Gasteiger partial charge in [0.25, 0.3) is 0 Å².